The van der Waals surface area contributed by atoms with E-state index in [1.54, 1.807) is 17.1 Å². The van der Waals surface area contributed by atoms with Crippen LogP contribution < -0.4 is 5.56 Å². The summed E-state index contributed by atoms with van der Waals surface area (Å²) in [7, 11) is 0. The van der Waals surface area contributed by atoms with E-state index in [-0.39, 0.29) is 5.56 Å². The van der Waals surface area contributed by atoms with E-state index in [0.717, 1.165) is 17.0 Å². The van der Waals surface area contributed by atoms with Crippen molar-refractivity contribution in [3.63, 3.8) is 0 Å². The number of rotatable bonds is 2. The zero-order chi connectivity index (χ0) is 12.4. The maximum Gasteiger partial charge on any atom is 0.267 e. The summed E-state index contributed by atoms with van der Waals surface area (Å²) in [5.41, 5.74) is 2.73. The third-order valence-corrected chi connectivity index (χ3v) is 3.84. The van der Waals surface area contributed by atoms with Gasteiger partial charge >= 0.3 is 0 Å². The average Bonchev–Trinajstić information content (AvgIpc) is 2.32. The Balaban J connectivity index is 2.41. The Morgan fingerprint density at radius 1 is 1.35 bits per heavy atom. The average molecular weight is 341 g/mol. The molecule has 2 rings (SSSR count). The van der Waals surface area contributed by atoms with Gasteiger partial charge in [0.25, 0.3) is 5.56 Å². The normalized spacial score (nSPS) is 10.5. The molecule has 0 unspecified atom stereocenters. The summed E-state index contributed by atoms with van der Waals surface area (Å²) in [6, 6.07) is 3.87. The second kappa shape index (κ2) is 4.95. The molecule has 0 aromatic carbocycles. The van der Waals surface area contributed by atoms with Gasteiger partial charge in [0, 0.05) is 6.20 Å². The van der Waals surface area contributed by atoms with Gasteiger partial charge in [-0.3, -0.25) is 14.3 Å². The van der Waals surface area contributed by atoms with E-state index >= 15 is 0 Å². The van der Waals surface area contributed by atoms with Gasteiger partial charge in [-0.2, -0.15) is 0 Å². The van der Waals surface area contributed by atoms with E-state index in [0.29, 0.717) is 10.1 Å². The molecule has 2 aromatic rings. The Labute approximate surface area is 113 Å². The van der Waals surface area contributed by atoms with Crippen LogP contribution in [-0.2, 0) is 6.54 Å². The lowest BCUT2D eigenvalue weighted by molar-refractivity contribution is 0.704. The van der Waals surface area contributed by atoms with Crippen LogP contribution in [0.2, 0.25) is 0 Å². The molecule has 0 atom stereocenters. The summed E-state index contributed by atoms with van der Waals surface area (Å²) in [5, 5.41) is 0. The number of aryl methyl sites for hydroxylation is 2. The number of nitrogens with zero attached hydrogens (tertiary/aromatic N) is 3. The molecule has 0 bridgehead atoms. The lowest BCUT2D eigenvalue weighted by atomic mass is 10.2. The molecule has 0 aliphatic carbocycles. The van der Waals surface area contributed by atoms with Crippen LogP contribution >= 0.6 is 22.6 Å². The van der Waals surface area contributed by atoms with Gasteiger partial charge in [-0.05, 0) is 48.1 Å². The molecule has 4 nitrogen and oxygen atoms in total. The van der Waals surface area contributed by atoms with Gasteiger partial charge in [-0.1, -0.05) is 6.07 Å². The molecule has 0 saturated carbocycles. The SMILES string of the molecule is Cc1cccnc1Cn1cnc(C)c(I)c1=O. The number of aromatic nitrogens is 3. The summed E-state index contributed by atoms with van der Waals surface area (Å²) in [5.74, 6) is 0. The van der Waals surface area contributed by atoms with Crippen molar-refractivity contribution in [1.29, 1.82) is 0 Å². The quantitative estimate of drug-likeness (QED) is 0.784. The number of halogens is 1. The summed E-state index contributed by atoms with van der Waals surface area (Å²) in [6.07, 6.45) is 3.31. The van der Waals surface area contributed by atoms with Crippen LogP contribution in [0.1, 0.15) is 17.0 Å². The van der Waals surface area contributed by atoms with Gasteiger partial charge in [-0.15, -0.1) is 0 Å². The van der Waals surface area contributed by atoms with Crippen molar-refractivity contribution in [1.82, 2.24) is 14.5 Å². The minimum atomic E-state index is -0.0110. The van der Waals surface area contributed by atoms with Crippen LogP contribution in [0.5, 0.6) is 0 Å². The smallest absolute Gasteiger partial charge is 0.267 e. The Morgan fingerprint density at radius 2 is 2.12 bits per heavy atom. The molecular weight excluding hydrogens is 329 g/mol. The van der Waals surface area contributed by atoms with Gasteiger partial charge < -0.3 is 0 Å². The summed E-state index contributed by atoms with van der Waals surface area (Å²) in [4.78, 5) is 20.5. The monoisotopic (exact) mass is 341 g/mol. The van der Waals surface area contributed by atoms with E-state index in [4.69, 9.17) is 0 Å². The van der Waals surface area contributed by atoms with Crippen LogP contribution in [0.3, 0.4) is 0 Å². The fraction of sp³-hybridized carbons (Fsp3) is 0.250. The van der Waals surface area contributed by atoms with Crippen LogP contribution in [-0.4, -0.2) is 14.5 Å². The summed E-state index contributed by atoms with van der Waals surface area (Å²) in [6.45, 7) is 4.29. The fourth-order valence-corrected chi connectivity index (χ4v) is 1.95. The van der Waals surface area contributed by atoms with Crippen LogP contribution in [0.4, 0.5) is 0 Å². The predicted molar refractivity (Wildman–Crippen MR) is 74.0 cm³/mol. The molecule has 0 aliphatic rings. The molecule has 5 heteroatoms. The largest absolute Gasteiger partial charge is 0.292 e. The molecule has 2 aromatic heterocycles. The first kappa shape index (κ1) is 12.2. The molecule has 17 heavy (non-hydrogen) atoms. The van der Waals surface area contributed by atoms with Crippen molar-refractivity contribution < 1.29 is 0 Å². The van der Waals surface area contributed by atoms with Crippen molar-refractivity contribution >= 4 is 22.6 Å². The summed E-state index contributed by atoms with van der Waals surface area (Å²) >= 11 is 2.03. The van der Waals surface area contributed by atoms with Crippen molar-refractivity contribution in [3.8, 4) is 0 Å². The third-order valence-electron chi connectivity index (χ3n) is 2.60. The number of hydrogen-bond donors (Lipinski definition) is 0. The maximum absolute atomic E-state index is 12.0. The molecule has 88 valence electrons. The topological polar surface area (TPSA) is 47.8 Å². The molecule has 0 aliphatic heterocycles. The molecule has 0 radical (unpaired) electrons. The highest BCUT2D eigenvalue weighted by Crippen LogP contribution is 2.06. The van der Waals surface area contributed by atoms with Crippen molar-refractivity contribution in [2.75, 3.05) is 0 Å². The van der Waals surface area contributed by atoms with Crippen LogP contribution in [0.25, 0.3) is 0 Å². The van der Waals surface area contributed by atoms with Gasteiger partial charge in [0.15, 0.2) is 0 Å². The van der Waals surface area contributed by atoms with Gasteiger partial charge in [0.1, 0.15) is 0 Å². The minimum absolute atomic E-state index is 0.0110. The second-order valence-corrected chi connectivity index (χ2v) is 4.92. The van der Waals surface area contributed by atoms with Crippen molar-refractivity contribution in [2.24, 2.45) is 0 Å². The van der Waals surface area contributed by atoms with E-state index in [1.807, 2.05) is 48.6 Å². The molecule has 0 fully saturated rings. The van der Waals surface area contributed by atoms with Crippen molar-refractivity contribution in [3.05, 3.63) is 55.5 Å². The molecule has 0 amide bonds. The highest BCUT2D eigenvalue weighted by Gasteiger charge is 2.07. The van der Waals surface area contributed by atoms with Crippen LogP contribution in [0.15, 0.2) is 29.5 Å². The first-order chi connectivity index (χ1) is 8.09. The minimum Gasteiger partial charge on any atom is -0.292 e. The lowest BCUT2D eigenvalue weighted by Crippen LogP contribution is -2.25. The Hall–Kier alpha value is -1.24. The highest BCUT2D eigenvalue weighted by molar-refractivity contribution is 14.1. The maximum atomic E-state index is 12.0. The van der Waals surface area contributed by atoms with E-state index in [1.165, 1.54) is 0 Å². The molecule has 0 saturated heterocycles. The van der Waals surface area contributed by atoms with E-state index in [2.05, 4.69) is 9.97 Å². The van der Waals surface area contributed by atoms with E-state index in [9.17, 15) is 4.79 Å². The molecule has 0 spiro atoms. The Morgan fingerprint density at radius 3 is 2.82 bits per heavy atom. The lowest BCUT2D eigenvalue weighted by Gasteiger charge is -2.08. The Bertz CT molecular complexity index is 607. The number of pyridine rings is 1. The molecule has 0 N–H and O–H groups in total. The molecular formula is C12H12IN3O. The van der Waals surface area contributed by atoms with Gasteiger partial charge in [0.2, 0.25) is 0 Å². The standard InChI is InChI=1S/C12H12IN3O/c1-8-4-3-5-14-10(8)6-16-7-15-9(2)11(13)12(16)17/h3-5,7H,6H2,1-2H3. The Kier molecular flexibility index (Phi) is 3.56. The first-order valence-electron chi connectivity index (χ1n) is 5.21. The fourth-order valence-electron chi connectivity index (χ4n) is 1.50. The molecule has 2 heterocycles. The van der Waals surface area contributed by atoms with Crippen molar-refractivity contribution in [2.45, 2.75) is 20.4 Å². The zero-order valence-corrected chi connectivity index (χ0v) is 11.8. The van der Waals surface area contributed by atoms with Gasteiger partial charge in [0.05, 0.1) is 27.8 Å². The third kappa shape index (κ3) is 2.54. The zero-order valence-electron chi connectivity index (χ0n) is 9.64. The second-order valence-electron chi connectivity index (χ2n) is 3.84. The summed E-state index contributed by atoms with van der Waals surface area (Å²) < 4.78 is 2.25. The highest BCUT2D eigenvalue weighted by atomic mass is 127. The van der Waals surface area contributed by atoms with Gasteiger partial charge in [-0.25, -0.2) is 4.98 Å². The van der Waals surface area contributed by atoms with Crippen LogP contribution in [0, 0.1) is 17.4 Å². The first-order valence-corrected chi connectivity index (χ1v) is 6.29. The van der Waals surface area contributed by atoms with E-state index < -0.39 is 0 Å². The predicted octanol–water partition coefficient (Wildman–Crippen LogP) is 1.91. The number of hydrogen-bond acceptors (Lipinski definition) is 3.